The van der Waals surface area contributed by atoms with Gasteiger partial charge in [-0.1, -0.05) is 0 Å². The summed E-state index contributed by atoms with van der Waals surface area (Å²) in [6.45, 7) is 3.17. The number of nitriles is 1. The quantitative estimate of drug-likeness (QED) is 0.461. The molecule has 0 radical (unpaired) electrons. The Bertz CT molecular complexity index is 1130. The molecule has 5 rings (SSSR count). The molecule has 0 aromatic carbocycles. The molecule has 1 saturated carbocycles. The lowest BCUT2D eigenvalue weighted by atomic mass is 9.98. The molecule has 0 unspecified atom stereocenters. The van der Waals surface area contributed by atoms with E-state index in [0.717, 1.165) is 42.4 Å². The summed E-state index contributed by atoms with van der Waals surface area (Å²) in [4.78, 5) is 13.6. The van der Waals surface area contributed by atoms with E-state index in [0.29, 0.717) is 23.2 Å². The summed E-state index contributed by atoms with van der Waals surface area (Å²) in [6, 6.07) is 12.0. The Morgan fingerprint density at radius 1 is 1.03 bits per heavy atom. The van der Waals surface area contributed by atoms with E-state index in [-0.39, 0.29) is 12.4 Å². The van der Waals surface area contributed by atoms with E-state index in [4.69, 9.17) is 10.2 Å². The zero-order chi connectivity index (χ0) is 21.8. The van der Waals surface area contributed by atoms with Gasteiger partial charge in [0.15, 0.2) is 0 Å². The molecular weight excluding hydrogens is 434 g/mol. The van der Waals surface area contributed by atoms with Crippen molar-refractivity contribution in [2.24, 2.45) is 5.92 Å². The number of nitrogens with one attached hydrogen (secondary N) is 3. The molecule has 3 aromatic rings. The van der Waals surface area contributed by atoms with Crippen molar-refractivity contribution in [2.75, 3.05) is 30.3 Å². The first-order valence-corrected chi connectivity index (χ1v) is 11.3. The molecule has 4 heterocycles. The molecule has 0 amide bonds. The molecule has 3 N–H and O–H groups in total. The molecule has 7 nitrogen and oxygen atoms in total. The number of aromatic nitrogens is 3. The van der Waals surface area contributed by atoms with Crippen LogP contribution in [0, 0.1) is 17.2 Å². The lowest BCUT2D eigenvalue weighted by Crippen LogP contribution is -2.31. The van der Waals surface area contributed by atoms with Gasteiger partial charge in [0.25, 0.3) is 0 Å². The van der Waals surface area contributed by atoms with Crippen LogP contribution in [0.3, 0.4) is 0 Å². The third-order valence-electron chi connectivity index (χ3n) is 6.13. The second-order valence-electron chi connectivity index (χ2n) is 8.65. The van der Waals surface area contributed by atoms with Crippen molar-refractivity contribution in [3.63, 3.8) is 0 Å². The molecule has 1 aliphatic heterocycles. The van der Waals surface area contributed by atoms with Gasteiger partial charge in [0, 0.05) is 30.7 Å². The predicted octanol–water partition coefficient (Wildman–Crippen LogP) is 4.86. The highest BCUT2D eigenvalue weighted by Crippen LogP contribution is 2.42. The maximum absolute atomic E-state index is 9.16. The van der Waals surface area contributed by atoms with Crippen molar-refractivity contribution in [2.45, 2.75) is 31.6 Å². The lowest BCUT2D eigenvalue weighted by Gasteiger charge is -2.23. The van der Waals surface area contributed by atoms with Crippen molar-refractivity contribution in [1.29, 1.82) is 5.26 Å². The molecule has 0 atom stereocenters. The first-order valence-electron chi connectivity index (χ1n) is 11.3. The van der Waals surface area contributed by atoms with Crippen molar-refractivity contribution in [3.8, 4) is 17.3 Å². The van der Waals surface area contributed by atoms with Crippen LogP contribution in [0.25, 0.3) is 11.3 Å². The Kier molecular flexibility index (Phi) is 7.38. The van der Waals surface area contributed by atoms with Gasteiger partial charge < -0.3 is 16.0 Å². The fourth-order valence-electron chi connectivity index (χ4n) is 4.14. The summed E-state index contributed by atoms with van der Waals surface area (Å²) in [5, 5.41) is 19.4. The molecule has 0 bridgehead atoms. The number of rotatable bonds is 7. The third-order valence-corrected chi connectivity index (χ3v) is 6.13. The number of piperidine rings is 1. The number of hydrogen-bond donors (Lipinski definition) is 3. The fraction of sp³-hybridized carbons (Fsp3) is 0.360. The molecule has 1 saturated heterocycles. The average Bonchev–Trinajstić information content (AvgIpc) is 3.69. The van der Waals surface area contributed by atoms with Crippen LogP contribution in [0.2, 0.25) is 0 Å². The SMILES string of the molecule is Cl.N#Cc1ccnc(Nc2cc(C3CC3)cc(-c3cncc(NCC4CCNCC4)c3)n2)c1. The summed E-state index contributed by atoms with van der Waals surface area (Å²) < 4.78 is 0. The van der Waals surface area contributed by atoms with Crippen molar-refractivity contribution in [3.05, 3.63) is 60.0 Å². The minimum Gasteiger partial charge on any atom is -0.384 e. The molecule has 170 valence electrons. The van der Waals surface area contributed by atoms with Crippen LogP contribution in [0.15, 0.2) is 48.9 Å². The van der Waals surface area contributed by atoms with E-state index in [1.165, 1.54) is 31.2 Å². The van der Waals surface area contributed by atoms with Crippen LogP contribution >= 0.6 is 12.4 Å². The second-order valence-corrected chi connectivity index (χ2v) is 8.65. The van der Waals surface area contributed by atoms with E-state index >= 15 is 0 Å². The van der Waals surface area contributed by atoms with Crippen molar-refractivity contribution in [1.82, 2.24) is 20.3 Å². The van der Waals surface area contributed by atoms with Crippen LogP contribution in [-0.2, 0) is 0 Å². The largest absolute Gasteiger partial charge is 0.384 e. The molecule has 3 aromatic heterocycles. The summed E-state index contributed by atoms with van der Waals surface area (Å²) in [5.74, 6) is 2.64. The van der Waals surface area contributed by atoms with Crippen LogP contribution in [-0.4, -0.2) is 34.6 Å². The Morgan fingerprint density at radius 2 is 1.88 bits per heavy atom. The van der Waals surface area contributed by atoms with Gasteiger partial charge in [0.2, 0.25) is 0 Å². The smallest absolute Gasteiger partial charge is 0.132 e. The summed E-state index contributed by atoms with van der Waals surface area (Å²) in [7, 11) is 0. The van der Waals surface area contributed by atoms with Crippen molar-refractivity contribution < 1.29 is 0 Å². The zero-order valence-corrected chi connectivity index (χ0v) is 19.2. The zero-order valence-electron chi connectivity index (χ0n) is 18.4. The number of hydrogen-bond acceptors (Lipinski definition) is 7. The molecule has 2 fully saturated rings. The summed E-state index contributed by atoms with van der Waals surface area (Å²) in [6.07, 6.45) is 10.2. The highest BCUT2D eigenvalue weighted by atomic mass is 35.5. The van der Waals surface area contributed by atoms with E-state index < -0.39 is 0 Å². The number of pyridine rings is 3. The van der Waals surface area contributed by atoms with Crippen molar-refractivity contribution >= 4 is 29.7 Å². The number of nitrogens with zero attached hydrogens (tertiary/aromatic N) is 4. The van der Waals surface area contributed by atoms with Gasteiger partial charge in [0.1, 0.15) is 11.6 Å². The van der Waals surface area contributed by atoms with Gasteiger partial charge >= 0.3 is 0 Å². The third kappa shape index (κ3) is 5.98. The van der Waals surface area contributed by atoms with Gasteiger partial charge in [-0.2, -0.15) is 5.26 Å². The van der Waals surface area contributed by atoms with E-state index in [1.807, 2.05) is 12.4 Å². The standard InChI is InChI=1S/C25H27N7.ClH/c26-13-18-5-8-29-24(9-18)32-25-12-20(19-1-2-19)11-23(31-25)21-10-22(16-28-15-21)30-14-17-3-6-27-7-4-17;/h5,8-12,15-17,19,27,30H,1-4,6-7,14H2,(H,29,31,32);1H. The summed E-state index contributed by atoms with van der Waals surface area (Å²) in [5.41, 5.74) is 4.76. The Balaban J connectivity index is 0.00000259. The second kappa shape index (κ2) is 10.6. The first-order chi connectivity index (χ1) is 15.8. The average molecular weight is 462 g/mol. The molecule has 1 aliphatic carbocycles. The molecule has 2 aliphatic rings. The van der Waals surface area contributed by atoms with E-state index in [1.54, 1.807) is 18.3 Å². The minimum absolute atomic E-state index is 0. The van der Waals surface area contributed by atoms with E-state index in [9.17, 15) is 0 Å². The normalized spacial score (nSPS) is 15.8. The Hall–Kier alpha value is -3.21. The van der Waals surface area contributed by atoms with Gasteiger partial charge in [-0.3, -0.25) is 4.98 Å². The van der Waals surface area contributed by atoms with Crippen LogP contribution < -0.4 is 16.0 Å². The Morgan fingerprint density at radius 3 is 2.67 bits per heavy atom. The predicted molar refractivity (Wildman–Crippen MR) is 133 cm³/mol. The van der Waals surface area contributed by atoms with Gasteiger partial charge in [-0.15, -0.1) is 12.4 Å². The van der Waals surface area contributed by atoms with E-state index in [2.05, 4.69) is 50.2 Å². The highest BCUT2D eigenvalue weighted by molar-refractivity contribution is 5.85. The molecule has 8 heteroatoms. The molecule has 33 heavy (non-hydrogen) atoms. The van der Waals surface area contributed by atoms with Crippen LogP contribution in [0.1, 0.15) is 42.7 Å². The van der Waals surface area contributed by atoms with Gasteiger partial charge in [-0.05, 0) is 86.5 Å². The topological polar surface area (TPSA) is 98.5 Å². The summed E-state index contributed by atoms with van der Waals surface area (Å²) >= 11 is 0. The van der Waals surface area contributed by atoms with Gasteiger partial charge in [-0.25, -0.2) is 9.97 Å². The van der Waals surface area contributed by atoms with Gasteiger partial charge in [0.05, 0.1) is 23.0 Å². The Labute approximate surface area is 200 Å². The number of anilines is 3. The maximum Gasteiger partial charge on any atom is 0.132 e. The molecular formula is C25H28ClN7. The molecule has 0 spiro atoms. The fourth-order valence-corrected chi connectivity index (χ4v) is 4.14. The minimum atomic E-state index is 0. The first kappa shape index (κ1) is 23.0. The lowest BCUT2D eigenvalue weighted by molar-refractivity contribution is 0.390. The monoisotopic (exact) mass is 461 g/mol. The highest BCUT2D eigenvalue weighted by Gasteiger charge is 2.25. The maximum atomic E-state index is 9.16. The van der Waals surface area contributed by atoms with Crippen LogP contribution in [0.4, 0.5) is 17.3 Å². The van der Waals surface area contributed by atoms with Crippen LogP contribution in [0.5, 0.6) is 0 Å². The number of halogens is 1.